The second-order valence-corrected chi connectivity index (χ2v) is 4.80. The Labute approximate surface area is 130 Å². The van der Waals surface area contributed by atoms with Crippen LogP contribution >= 0.6 is 0 Å². The zero-order chi connectivity index (χ0) is 16.8. The standard InChI is InChI=1S/C15H15F2N3O3/c1-23-15(22)13(5-9-7-18-8-19-9)20-14(21)6-10-11(16)3-2-4-12(10)17/h2-4,7-8,13H,5-6H2,1H3,(H,18,19)(H,20,21). The van der Waals surface area contributed by atoms with Crippen LogP contribution in [0.2, 0.25) is 0 Å². The molecule has 0 aliphatic carbocycles. The first-order valence-electron chi connectivity index (χ1n) is 6.78. The molecule has 6 nitrogen and oxygen atoms in total. The van der Waals surface area contributed by atoms with E-state index in [1.165, 1.54) is 25.7 Å². The molecule has 1 aromatic carbocycles. The molecular weight excluding hydrogens is 308 g/mol. The van der Waals surface area contributed by atoms with E-state index in [9.17, 15) is 18.4 Å². The van der Waals surface area contributed by atoms with Gasteiger partial charge in [-0.05, 0) is 12.1 Å². The lowest BCUT2D eigenvalue weighted by Crippen LogP contribution is -2.43. The van der Waals surface area contributed by atoms with Gasteiger partial charge in [0.25, 0.3) is 0 Å². The predicted octanol–water partition coefficient (Wildman–Crippen LogP) is 1.13. The summed E-state index contributed by atoms with van der Waals surface area (Å²) in [5.74, 6) is -2.99. The fraction of sp³-hybridized carbons (Fsp3) is 0.267. The number of methoxy groups -OCH3 is 1. The quantitative estimate of drug-likeness (QED) is 0.781. The van der Waals surface area contributed by atoms with E-state index in [2.05, 4.69) is 20.0 Å². The lowest BCUT2D eigenvalue weighted by molar-refractivity contribution is -0.145. The highest BCUT2D eigenvalue weighted by Gasteiger charge is 2.23. The van der Waals surface area contributed by atoms with Crippen molar-refractivity contribution in [1.29, 1.82) is 0 Å². The van der Waals surface area contributed by atoms with E-state index < -0.39 is 36.0 Å². The van der Waals surface area contributed by atoms with Crippen LogP contribution in [0.25, 0.3) is 0 Å². The number of hydrogen-bond acceptors (Lipinski definition) is 4. The number of ether oxygens (including phenoxy) is 1. The normalized spacial score (nSPS) is 11.8. The van der Waals surface area contributed by atoms with Gasteiger partial charge in [-0.25, -0.2) is 18.6 Å². The number of H-pyrrole nitrogens is 1. The SMILES string of the molecule is COC(=O)C(Cc1cnc[nH]1)NC(=O)Cc1c(F)cccc1F. The van der Waals surface area contributed by atoms with Gasteiger partial charge < -0.3 is 15.0 Å². The molecule has 1 heterocycles. The summed E-state index contributed by atoms with van der Waals surface area (Å²) in [6.45, 7) is 0. The molecule has 122 valence electrons. The molecule has 0 aliphatic rings. The maximum Gasteiger partial charge on any atom is 0.328 e. The van der Waals surface area contributed by atoms with Crippen molar-refractivity contribution in [2.24, 2.45) is 0 Å². The van der Waals surface area contributed by atoms with Gasteiger partial charge in [-0.1, -0.05) is 6.07 Å². The van der Waals surface area contributed by atoms with E-state index in [4.69, 9.17) is 0 Å². The first-order chi connectivity index (χ1) is 11.0. The molecule has 23 heavy (non-hydrogen) atoms. The molecule has 1 unspecified atom stereocenters. The Bertz CT molecular complexity index is 669. The highest BCUT2D eigenvalue weighted by molar-refractivity contribution is 5.85. The molecule has 1 amide bonds. The number of esters is 1. The van der Waals surface area contributed by atoms with Crippen LogP contribution in [0, 0.1) is 11.6 Å². The zero-order valence-corrected chi connectivity index (χ0v) is 12.3. The molecular formula is C15H15F2N3O3. The van der Waals surface area contributed by atoms with Gasteiger partial charge in [0.1, 0.15) is 17.7 Å². The number of carbonyl (C=O) groups is 2. The third kappa shape index (κ3) is 4.35. The van der Waals surface area contributed by atoms with Gasteiger partial charge >= 0.3 is 5.97 Å². The van der Waals surface area contributed by atoms with Gasteiger partial charge in [0, 0.05) is 23.9 Å². The second kappa shape index (κ2) is 7.48. The Kier molecular flexibility index (Phi) is 5.40. The van der Waals surface area contributed by atoms with E-state index in [1.807, 2.05) is 0 Å². The number of halogens is 2. The maximum absolute atomic E-state index is 13.6. The first kappa shape index (κ1) is 16.6. The molecule has 8 heteroatoms. The highest BCUT2D eigenvalue weighted by atomic mass is 19.1. The second-order valence-electron chi connectivity index (χ2n) is 4.80. The predicted molar refractivity (Wildman–Crippen MR) is 76.3 cm³/mol. The minimum atomic E-state index is -0.984. The van der Waals surface area contributed by atoms with Gasteiger partial charge in [-0.15, -0.1) is 0 Å². The van der Waals surface area contributed by atoms with E-state index in [0.29, 0.717) is 5.69 Å². The fourth-order valence-electron chi connectivity index (χ4n) is 2.06. The molecule has 0 fully saturated rings. The van der Waals surface area contributed by atoms with Crippen LogP contribution in [0.4, 0.5) is 8.78 Å². The van der Waals surface area contributed by atoms with Crippen LogP contribution in [-0.4, -0.2) is 35.0 Å². The zero-order valence-electron chi connectivity index (χ0n) is 12.3. The largest absolute Gasteiger partial charge is 0.467 e. The molecule has 0 spiro atoms. The number of hydrogen-bond donors (Lipinski definition) is 2. The van der Waals surface area contributed by atoms with Crippen LogP contribution in [0.3, 0.4) is 0 Å². The van der Waals surface area contributed by atoms with Crippen molar-refractivity contribution in [2.75, 3.05) is 7.11 Å². The number of nitrogens with zero attached hydrogens (tertiary/aromatic N) is 1. The van der Waals surface area contributed by atoms with Crippen molar-refractivity contribution in [1.82, 2.24) is 15.3 Å². The Morgan fingerprint density at radius 2 is 2.04 bits per heavy atom. The molecule has 2 aromatic rings. The molecule has 0 saturated heterocycles. The van der Waals surface area contributed by atoms with E-state index in [0.717, 1.165) is 12.1 Å². The Hall–Kier alpha value is -2.77. The van der Waals surface area contributed by atoms with Crippen LogP contribution in [0.15, 0.2) is 30.7 Å². The van der Waals surface area contributed by atoms with Gasteiger partial charge in [0.15, 0.2) is 0 Å². The number of aromatic amines is 1. The fourth-order valence-corrected chi connectivity index (χ4v) is 2.06. The summed E-state index contributed by atoms with van der Waals surface area (Å²) in [6.07, 6.45) is 2.53. The Balaban J connectivity index is 2.06. The highest BCUT2D eigenvalue weighted by Crippen LogP contribution is 2.13. The third-order valence-corrected chi connectivity index (χ3v) is 3.20. The molecule has 2 rings (SSSR count). The minimum Gasteiger partial charge on any atom is -0.467 e. The van der Waals surface area contributed by atoms with Crippen molar-refractivity contribution in [3.63, 3.8) is 0 Å². The van der Waals surface area contributed by atoms with Gasteiger partial charge in [-0.3, -0.25) is 4.79 Å². The van der Waals surface area contributed by atoms with E-state index >= 15 is 0 Å². The lowest BCUT2D eigenvalue weighted by atomic mass is 10.1. The molecule has 0 radical (unpaired) electrons. The summed E-state index contributed by atoms with van der Waals surface area (Å²) >= 11 is 0. The number of imidazole rings is 1. The number of benzene rings is 1. The summed E-state index contributed by atoms with van der Waals surface area (Å²) in [5.41, 5.74) is 0.257. The summed E-state index contributed by atoms with van der Waals surface area (Å²) in [6, 6.07) is 2.35. The summed E-state index contributed by atoms with van der Waals surface area (Å²) < 4.78 is 31.7. The van der Waals surface area contributed by atoms with Crippen molar-refractivity contribution < 1.29 is 23.1 Å². The Morgan fingerprint density at radius 3 is 2.61 bits per heavy atom. The van der Waals surface area contributed by atoms with Crippen LogP contribution in [0.1, 0.15) is 11.3 Å². The molecule has 0 aliphatic heterocycles. The number of nitrogens with one attached hydrogen (secondary N) is 2. The average Bonchev–Trinajstić information content (AvgIpc) is 3.02. The number of amides is 1. The molecule has 0 saturated carbocycles. The smallest absolute Gasteiger partial charge is 0.328 e. The van der Waals surface area contributed by atoms with Crippen molar-refractivity contribution in [3.8, 4) is 0 Å². The van der Waals surface area contributed by atoms with Gasteiger partial charge in [0.05, 0.1) is 19.9 Å². The first-order valence-corrected chi connectivity index (χ1v) is 6.78. The van der Waals surface area contributed by atoms with E-state index in [-0.39, 0.29) is 12.0 Å². The number of aromatic nitrogens is 2. The molecule has 1 atom stereocenters. The van der Waals surface area contributed by atoms with Gasteiger partial charge in [0.2, 0.25) is 5.91 Å². The van der Waals surface area contributed by atoms with Crippen LogP contribution < -0.4 is 5.32 Å². The molecule has 1 aromatic heterocycles. The van der Waals surface area contributed by atoms with Crippen LogP contribution in [-0.2, 0) is 27.2 Å². The van der Waals surface area contributed by atoms with Crippen molar-refractivity contribution >= 4 is 11.9 Å². The van der Waals surface area contributed by atoms with E-state index in [1.54, 1.807) is 0 Å². The summed E-state index contributed by atoms with van der Waals surface area (Å²) in [4.78, 5) is 30.3. The van der Waals surface area contributed by atoms with Crippen molar-refractivity contribution in [2.45, 2.75) is 18.9 Å². The maximum atomic E-state index is 13.6. The lowest BCUT2D eigenvalue weighted by Gasteiger charge is -2.16. The summed E-state index contributed by atoms with van der Waals surface area (Å²) in [7, 11) is 1.19. The topological polar surface area (TPSA) is 84.1 Å². The molecule has 2 N–H and O–H groups in total. The average molecular weight is 323 g/mol. The molecule has 0 bridgehead atoms. The van der Waals surface area contributed by atoms with Crippen molar-refractivity contribution in [3.05, 3.63) is 53.6 Å². The summed E-state index contributed by atoms with van der Waals surface area (Å²) in [5, 5.41) is 2.41. The Morgan fingerprint density at radius 1 is 1.35 bits per heavy atom. The number of rotatable bonds is 6. The van der Waals surface area contributed by atoms with Gasteiger partial charge in [-0.2, -0.15) is 0 Å². The monoisotopic (exact) mass is 323 g/mol. The third-order valence-electron chi connectivity index (χ3n) is 3.20. The van der Waals surface area contributed by atoms with Crippen LogP contribution in [0.5, 0.6) is 0 Å². The minimum absolute atomic E-state index is 0.123. The number of carbonyl (C=O) groups excluding carboxylic acids is 2.